The van der Waals surface area contributed by atoms with E-state index in [1.807, 2.05) is 6.08 Å². The van der Waals surface area contributed by atoms with Crippen molar-refractivity contribution in [2.24, 2.45) is 5.41 Å². The van der Waals surface area contributed by atoms with Gasteiger partial charge in [0.05, 0.1) is 5.56 Å². The van der Waals surface area contributed by atoms with Crippen LogP contribution in [0.2, 0.25) is 0 Å². The Bertz CT molecular complexity index is 559. The maximum Gasteiger partial charge on any atom is 0.153 e. The average Bonchev–Trinajstić information content (AvgIpc) is 2.90. The van der Waals surface area contributed by atoms with Crippen molar-refractivity contribution >= 4 is 12.1 Å². The molecular formula is C18H24N2O. The second-order valence-corrected chi connectivity index (χ2v) is 6.58. The molecule has 0 radical (unpaired) electrons. The normalized spacial score (nSPS) is 19.0. The van der Waals surface area contributed by atoms with Gasteiger partial charge in [0.25, 0.3) is 0 Å². The van der Waals surface area contributed by atoms with Gasteiger partial charge in [0.2, 0.25) is 0 Å². The van der Waals surface area contributed by atoms with Crippen molar-refractivity contribution in [1.29, 1.82) is 0 Å². The number of rotatable bonds is 6. The Morgan fingerprint density at radius 2 is 2.24 bits per heavy atom. The molecule has 1 aromatic heterocycles. The van der Waals surface area contributed by atoms with E-state index in [9.17, 15) is 4.79 Å². The van der Waals surface area contributed by atoms with Crippen LogP contribution in [0.15, 0.2) is 18.7 Å². The van der Waals surface area contributed by atoms with E-state index >= 15 is 0 Å². The second-order valence-electron chi connectivity index (χ2n) is 6.58. The van der Waals surface area contributed by atoms with Gasteiger partial charge in [-0.1, -0.05) is 19.4 Å². The Labute approximate surface area is 127 Å². The Morgan fingerprint density at radius 3 is 2.90 bits per heavy atom. The lowest BCUT2D eigenvalue weighted by atomic mass is 9.73. The molecule has 3 nitrogen and oxygen atoms in total. The molecule has 1 saturated heterocycles. The summed E-state index contributed by atoms with van der Waals surface area (Å²) in [6.07, 6.45) is 9.76. The lowest BCUT2D eigenvalue weighted by Gasteiger charge is -2.51. The summed E-state index contributed by atoms with van der Waals surface area (Å²) < 4.78 is 0. The van der Waals surface area contributed by atoms with E-state index in [0.29, 0.717) is 5.41 Å². The smallest absolute Gasteiger partial charge is 0.153 e. The number of allylic oxidation sites excluding steroid dienone is 1. The molecule has 0 saturated carbocycles. The van der Waals surface area contributed by atoms with Crippen molar-refractivity contribution in [2.45, 2.75) is 45.4 Å². The van der Waals surface area contributed by atoms with Crippen LogP contribution in [0, 0.1) is 5.41 Å². The zero-order chi connectivity index (χ0) is 14.9. The highest BCUT2D eigenvalue weighted by Crippen LogP contribution is 2.42. The minimum atomic E-state index is 0.345. The molecule has 1 aliphatic carbocycles. The summed E-state index contributed by atoms with van der Waals surface area (Å²) in [7, 11) is 0. The maximum absolute atomic E-state index is 11.4. The van der Waals surface area contributed by atoms with Crippen molar-refractivity contribution in [3.05, 3.63) is 35.5 Å². The highest BCUT2D eigenvalue weighted by molar-refractivity contribution is 5.84. The molecule has 0 N–H and O–H groups in total. The molecule has 1 fully saturated rings. The zero-order valence-corrected chi connectivity index (χ0v) is 12.9. The molecule has 0 unspecified atom stereocenters. The lowest BCUT2D eigenvalue weighted by Crippen LogP contribution is -2.56. The third-order valence-electron chi connectivity index (χ3n) is 4.90. The van der Waals surface area contributed by atoms with Gasteiger partial charge in [-0.25, -0.2) is 4.98 Å². The SMILES string of the molecule is C=CCC1(CCC)CN(c2nc3c(cc2C=O)CCC3)C1. The fourth-order valence-corrected chi connectivity index (χ4v) is 3.96. The Morgan fingerprint density at radius 1 is 1.43 bits per heavy atom. The van der Waals surface area contributed by atoms with Crippen LogP contribution in [0.4, 0.5) is 5.82 Å². The van der Waals surface area contributed by atoms with Crippen molar-refractivity contribution in [3.63, 3.8) is 0 Å². The maximum atomic E-state index is 11.4. The quantitative estimate of drug-likeness (QED) is 0.591. The van der Waals surface area contributed by atoms with Gasteiger partial charge in [-0.2, -0.15) is 0 Å². The Kier molecular flexibility index (Phi) is 3.83. The molecule has 2 heterocycles. The number of pyridine rings is 1. The Hall–Kier alpha value is -1.64. The molecule has 0 spiro atoms. The molecule has 2 aliphatic rings. The van der Waals surface area contributed by atoms with Gasteiger partial charge in [-0.05, 0) is 43.7 Å². The number of nitrogens with zero attached hydrogens (tertiary/aromatic N) is 2. The standard InChI is InChI=1S/C18H24N2O/c1-3-8-18(9-4-2)12-20(13-18)17-15(11-21)10-14-6-5-7-16(14)19-17/h3,10-11H,1,4-9,12-13H2,2H3. The largest absolute Gasteiger partial charge is 0.355 e. The summed E-state index contributed by atoms with van der Waals surface area (Å²) in [6, 6.07) is 2.06. The topological polar surface area (TPSA) is 33.2 Å². The number of aromatic nitrogens is 1. The molecule has 0 bridgehead atoms. The highest BCUT2D eigenvalue weighted by Gasteiger charge is 2.42. The molecule has 112 valence electrons. The number of aldehydes is 1. The molecule has 3 heteroatoms. The van der Waals surface area contributed by atoms with E-state index in [-0.39, 0.29) is 0 Å². The number of hydrogen-bond acceptors (Lipinski definition) is 3. The molecule has 1 aliphatic heterocycles. The summed E-state index contributed by atoms with van der Waals surface area (Å²) >= 11 is 0. The monoisotopic (exact) mass is 284 g/mol. The molecule has 1 aromatic rings. The minimum Gasteiger partial charge on any atom is -0.355 e. The van der Waals surface area contributed by atoms with Crippen molar-refractivity contribution in [2.75, 3.05) is 18.0 Å². The first-order valence-corrected chi connectivity index (χ1v) is 8.05. The number of fused-ring (bicyclic) bond motifs is 1. The summed E-state index contributed by atoms with van der Waals surface area (Å²) in [4.78, 5) is 18.5. The minimum absolute atomic E-state index is 0.345. The van der Waals surface area contributed by atoms with Crippen molar-refractivity contribution < 1.29 is 4.79 Å². The van der Waals surface area contributed by atoms with E-state index in [1.54, 1.807) is 0 Å². The number of carbonyl (C=O) groups excluding carboxylic acids is 1. The lowest BCUT2D eigenvalue weighted by molar-refractivity contribution is 0.112. The van der Waals surface area contributed by atoms with Crippen LogP contribution in [0.1, 0.15) is 54.2 Å². The van der Waals surface area contributed by atoms with Gasteiger partial charge in [0.1, 0.15) is 5.82 Å². The first-order chi connectivity index (χ1) is 10.2. The predicted octanol–water partition coefficient (Wildman–Crippen LogP) is 3.57. The zero-order valence-electron chi connectivity index (χ0n) is 12.9. The van der Waals surface area contributed by atoms with Crippen molar-refractivity contribution in [3.8, 4) is 0 Å². The summed E-state index contributed by atoms with van der Waals surface area (Å²) in [5, 5.41) is 0. The first kappa shape index (κ1) is 14.3. The van der Waals surface area contributed by atoms with Gasteiger partial charge >= 0.3 is 0 Å². The summed E-state index contributed by atoms with van der Waals surface area (Å²) in [5.74, 6) is 0.904. The van der Waals surface area contributed by atoms with E-state index in [0.717, 1.165) is 50.0 Å². The van der Waals surface area contributed by atoms with Gasteiger partial charge in [0.15, 0.2) is 6.29 Å². The number of aryl methyl sites for hydroxylation is 2. The summed E-state index contributed by atoms with van der Waals surface area (Å²) in [5.41, 5.74) is 3.58. The molecule has 0 atom stereocenters. The fourth-order valence-electron chi connectivity index (χ4n) is 3.96. The Balaban J connectivity index is 1.83. The van der Waals surface area contributed by atoms with E-state index in [4.69, 9.17) is 4.98 Å². The van der Waals surface area contributed by atoms with Crippen LogP contribution >= 0.6 is 0 Å². The second kappa shape index (κ2) is 5.63. The number of hydrogen-bond donors (Lipinski definition) is 0. The van der Waals surface area contributed by atoms with Crippen LogP contribution in [0.5, 0.6) is 0 Å². The van der Waals surface area contributed by atoms with E-state index in [2.05, 4.69) is 24.5 Å². The van der Waals surface area contributed by atoms with Crippen LogP contribution < -0.4 is 4.90 Å². The van der Waals surface area contributed by atoms with Gasteiger partial charge in [0, 0.05) is 24.2 Å². The van der Waals surface area contributed by atoms with Crippen LogP contribution in [-0.4, -0.2) is 24.4 Å². The fraction of sp³-hybridized carbons (Fsp3) is 0.556. The van der Waals surface area contributed by atoms with Crippen LogP contribution in [0.25, 0.3) is 0 Å². The van der Waals surface area contributed by atoms with E-state index < -0.39 is 0 Å². The van der Waals surface area contributed by atoms with Crippen LogP contribution in [-0.2, 0) is 12.8 Å². The van der Waals surface area contributed by atoms with Crippen LogP contribution in [0.3, 0.4) is 0 Å². The van der Waals surface area contributed by atoms with Gasteiger partial charge in [-0.3, -0.25) is 4.79 Å². The highest BCUT2D eigenvalue weighted by atomic mass is 16.1. The third-order valence-corrected chi connectivity index (χ3v) is 4.90. The molecular weight excluding hydrogens is 260 g/mol. The molecule has 0 aromatic carbocycles. The first-order valence-electron chi connectivity index (χ1n) is 8.05. The van der Waals surface area contributed by atoms with E-state index in [1.165, 1.54) is 30.5 Å². The third kappa shape index (κ3) is 2.50. The molecule has 3 rings (SSSR count). The van der Waals surface area contributed by atoms with Gasteiger partial charge in [-0.15, -0.1) is 6.58 Å². The number of anilines is 1. The number of carbonyl (C=O) groups is 1. The molecule has 0 amide bonds. The van der Waals surface area contributed by atoms with Gasteiger partial charge < -0.3 is 4.90 Å². The van der Waals surface area contributed by atoms with Crippen molar-refractivity contribution in [1.82, 2.24) is 4.98 Å². The summed E-state index contributed by atoms with van der Waals surface area (Å²) in [6.45, 7) is 8.13. The average molecular weight is 284 g/mol. The molecule has 21 heavy (non-hydrogen) atoms. The predicted molar refractivity (Wildman–Crippen MR) is 86.0 cm³/mol.